The Morgan fingerprint density at radius 2 is 1.73 bits per heavy atom. The third-order valence-electron chi connectivity index (χ3n) is 4.43. The first-order chi connectivity index (χ1) is 16.0. The van der Waals surface area contributed by atoms with Crippen molar-refractivity contribution in [1.82, 2.24) is 4.68 Å². The number of halogens is 2. The minimum absolute atomic E-state index is 0.0769. The maximum atomic E-state index is 12.5. The fourth-order valence-corrected chi connectivity index (χ4v) is 3.82. The zero-order chi connectivity index (χ0) is 23.8. The summed E-state index contributed by atoms with van der Waals surface area (Å²) in [6, 6.07) is 9.87. The number of nitrogens with zero attached hydrogens (tertiary/aromatic N) is 3. The van der Waals surface area contributed by atoms with Gasteiger partial charge in [0.05, 0.1) is 39.8 Å². The van der Waals surface area contributed by atoms with E-state index in [-0.39, 0.29) is 5.75 Å². The number of alkyl halides is 2. The number of aromatic nitrogens is 1. The summed E-state index contributed by atoms with van der Waals surface area (Å²) < 4.78 is 47.2. The molecule has 0 N–H and O–H groups in total. The lowest BCUT2D eigenvalue weighted by molar-refractivity contribution is -0.0498. The molecule has 0 bridgehead atoms. The van der Waals surface area contributed by atoms with Gasteiger partial charge in [0.1, 0.15) is 5.75 Å². The van der Waals surface area contributed by atoms with Gasteiger partial charge in [-0.15, -0.1) is 17.9 Å². The largest absolute Gasteiger partial charge is 0.493 e. The molecule has 0 aliphatic heterocycles. The molecule has 0 saturated heterocycles. The van der Waals surface area contributed by atoms with Gasteiger partial charge in [0.15, 0.2) is 11.5 Å². The van der Waals surface area contributed by atoms with E-state index in [1.165, 1.54) is 44.8 Å². The molecule has 0 radical (unpaired) electrons. The van der Waals surface area contributed by atoms with Crippen LogP contribution in [0.15, 0.2) is 64.5 Å². The molecule has 0 amide bonds. The average molecular weight is 476 g/mol. The van der Waals surface area contributed by atoms with Crippen LogP contribution in [0.25, 0.3) is 11.3 Å². The standard InChI is InChI=1S/C23H23F2N3O4S/c1-5-10-26-23-28(18(14-33-23)16-6-8-17(9-7-16)32-22(24)25)27-13-15-11-19(29-2)21(31-4)20(12-15)30-3/h5-9,11-14,22H,1,10H2,2-4H3/b26-23?,27-13-. The number of thiazole rings is 1. The van der Waals surface area contributed by atoms with E-state index in [0.717, 1.165) is 11.3 Å². The molecule has 3 aromatic rings. The molecule has 0 aliphatic rings. The number of ether oxygens (including phenoxy) is 4. The summed E-state index contributed by atoms with van der Waals surface area (Å²) in [7, 11) is 4.61. The van der Waals surface area contributed by atoms with Crippen LogP contribution in [0.1, 0.15) is 5.56 Å². The third-order valence-corrected chi connectivity index (χ3v) is 5.28. The first kappa shape index (κ1) is 24.0. The van der Waals surface area contributed by atoms with Crippen molar-refractivity contribution in [2.45, 2.75) is 6.61 Å². The Balaban J connectivity index is 2.04. The maximum Gasteiger partial charge on any atom is 0.387 e. The number of hydrogen-bond acceptors (Lipinski definition) is 7. The molecule has 0 fully saturated rings. The van der Waals surface area contributed by atoms with E-state index in [0.29, 0.717) is 34.2 Å². The lowest BCUT2D eigenvalue weighted by Gasteiger charge is -2.12. The van der Waals surface area contributed by atoms with Gasteiger partial charge >= 0.3 is 6.61 Å². The number of hydrogen-bond donors (Lipinski definition) is 0. The van der Waals surface area contributed by atoms with Crippen molar-refractivity contribution in [2.75, 3.05) is 27.9 Å². The number of benzene rings is 2. The fraction of sp³-hybridized carbons (Fsp3) is 0.217. The fourth-order valence-electron chi connectivity index (χ4n) is 2.97. The normalized spacial score (nSPS) is 11.8. The van der Waals surface area contributed by atoms with Crippen LogP contribution in [0.4, 0.5) is 8.78 Å². The Hall–Kier alpha value is -3.66. The Labute approximate surface area is 193 Å². The summed E-state index contributed by atoms with van der Waals surface area (Å²) in [6.07, 6.45) is 3.32. The van der Waals surface area contributed by atoms with Gasteiger partial charge in [-0.3, -0.25) is 4.99 Å². The van der Waals surface area contributed by atoms with Gasteiger partial charge in [-0.25, -0.2) is 4.68 Å². The zero-order valence-corrected chi connectivity index (χ0v) is 19.1. The van der Waals surface area contributed by atoms with Crippen molar-refractivity contribution in [3.8, 4) is 34.3 Å². The Kier molecular flexibility index (Phi) is 8.20. The van der Waals surface area contributed by atoms with E-state index in [9.17, 15) is 8.78 Å². The van der Waals surface area contributed by atoms with Gasteiger partial charge in [0, 0.05) is 16.5 Å². The molecule has 1 heterocycles. The number of methoxy groups -OCH3 is 3. The monoisotopic (exact) mass is 475 g/mol. The SMILES string of the molecule is C=CCN=c1scc(-c2ccc(OC(F)F)cc2)n1/N=C\c1cc(OC)c(OC)c(OC)c1. The van der Waals surface area contributed by atoms with Gasteiger partial charge in [-0.2, -0.15) is 13.9 Å². The Morgan fingerprint density at radius 3 is 2.27 bits per heavy atom. The molecular formula is C23H23F2N3O4S. The van der Waals surface area contributed by atoms with Crippen molar-refractivity contribution in [3.05, 3.63) is 64.8 Å². The lowest BCUT2D eigenvalue weighted by atomic mass is 10.2. The highest BCUT2D eigenvalue weighted by molar-refractivity contribution is 7.07. The first-order valence-electron chi connectivity index (χ1n) is 9.72. The van der Waals surface area contributed by atoms with Crippen LogP contribution in [0.2, 0.25) is 0 Å². The highest BCUT2D eigenvalue weighted by Gasteiger charge is 2.13. The van der Waals surface area contributed by atoms with Crippen molar-refractivity contribution < 1.29 is 27.7 Å². The third kappa shape index (κ3) is 5.78. The van der Waals surface area contributed by atoms with Crippen molar-refractivity contribution in [1.29, 1.82) is 0 Å². The molecule has 1 aromatic heterocycles. The molecular weight excluding hydrogens is 452 g/mol. The van der Waals surface area contributed by atoms with Gasteiger partial charge in [0.2, 0.25) is 10.6 Å². The summed E-state index contributed by atoms with van der Waals surface area (Å²) in [5.41, 5.74) is 2.20. The van der Waals surface area contributed by atoms with E-state index in [4.69, 9.17) is 14.2 Å². The summed E-state index contributed by atoms with van der Waals surface area (Å²) in [4.78, 5) is 5.13. The minimum atomic E-state index is -2.88. The van der Waals surface area contributed by atoms with Crippen molar-refractivity contribution >= 4 is 17.6 Å². The van der Waals surface area contributed by atoms with E-state index in [1.54, 1.807) is 41.2 Å². The minimum Gasteiger partial charge on any atom is -0.493 e. The molecule has 33 heavy (non-hydrogen) atoms. The van der Waals surface area contributed by atoms with Crippen LogP contribution >= 0.6 is 11.3 Å². The average Bonchev–Trinajstić information content (AvgIpc) is 3.23. The van der Waals surface area contributed by atoms with Gasteiger partial charge in [-0.05, 0) is 36.4 Å². The predicted octanol–water partition coefficient (Wildman–Crippen LogP) is 4.81. The second-order valence-corrected chi connectivity index (χ2v) is 7.29. The molecule has 7 nitrogen and oxygen atoms in total. The molecule has 10 heteroatoms. The molecule has 0 spiro atoms. The summed E-state index contributed by atoms with van der Waals surface area (Å²) >= 11 is 1.40. The van der Waals surface area contributed by atoms with Crippen LogP contribution in [-0.4, -0.2) is 45.4 Å². The van der Waals surface area contributed by atoms with Crippen LogP contribution in [0.5, 0.6) is 23.0 Å². The van der Waals surface area contributed by atoms with E-state index in [1.807, 2.05) is 5.38 Å². The summed E-state index contributed by atoms with van der Waals surface area (Å²) in [6.45, 7) is 1.24. The second kappa shape index (κ2) is 11.3. The Morgan fingerprint density at radius 1 is 1.06 bits per heavy atom. The molecule has 3 rings (SSSR count). The first-order valence-corrected chi connectivity index (χ1v) is 10.6. The van der Waals surface area contributed by atoms with Crippen LogP contribution < -0.4 is 23.7 Å². The Bertz CT molecular complexity index is 1160. The highest BCUT2D eigenvalue weighted by Crippen LogP contribution is 2.37. The number of rotatable bonds is 10. The zero-order valence-electron chi connectivity index (χ0n) is 18.3. The molecule has 0 aliphatic carbocycles. The van der Waals surface area contributed by atoms with Gasteiger partial charge in [0.25, 0.3) is 0 Å². The van der Waals surface area contributed by atoms with Crippen molar-refractivity contribution in [2.24, 2.45) is 10.1 Å². The molecule has 0 saturated carbocycles. The van der Waals surface area contributed by atoms with Gasteiger partial charge < -0.3 is 18.9 Å². The predicted molar refractivity (Wildman–Crippen MR) is 124 cm³/mol. The van der Waals surface area contributed by atoms with Crippen LogP contribution in [0.3, 0.4) is 0 Å². The van der Waals surface area contributed by atoms with Crippen LogP contribution in [0, 0.1) is 0 Å². The maximum absolute atomic E-state index is 12.5. The quantitative estimate of drug-likeness (QED) is 0.312. The van der Waals surface area contributed by atoms with E-state index < -0.39 is 6.61 Å². The van der Waals surface area contributed by atoms with E-state index in [2.05, 4.69) is 21.4 Å². The molecule has 2 aromatic carbocycles. The lowest BCUT2D eigenvalue weighted by Crippen LogP contribution is -2.12. The summed E-state index contributed by atoms with van der Waals surface area (Å²) in [5.74, 6) is 1.56. The van der Waals surface area contributed by atoms with Crippen molar-refractivity contribution in [3.63, 3.8) is 0 Å². The molecule has 0 atom stereocenters. The smallest absolute Gasteiger partial charge is 0.387 e. The topological polar surface area (TPSA) is 66.6 Å². The van der Waals surface area contributed by atoms with Gasteiger partial charge in [-0.1, -0.05) is 6.08 Å². The van der Waals surface area contributed by atoms with Crippen LogP contribution in [-0.2, 0) is 0 Å². The highest BCUT2D eigenvalue weighted by atomic mass is 32.1. The molecule has 174 valence electrons. The second-order valence-electron chi connectivity index (χ2n) is 6.45. The van der Waals surface area contributed by atoms with E-state index >= 15 is 0 Å². The summed E-state index contributed by atoms with van der Waals surface area (Å²) in [5, 5.41) is 6.50. The molecule has 0 unspecified atom stereocenters.